The van der Waals surface area contributed by atoms with Crippen LogP contribution in [0.2, 0.25) is 0 Å². The molecule has 1 aliphatic carbocycles. The predicted octanol–water partition coefficient (Wildman–Crippen LogP) is 6.76. The summed E-state index contributed by atoms with van der Waals surface area (Å²) in [5.74, 6) is 1.19. The standard InChI is InChI=1S/C18H14FN5O2S.C11H22O/c1-9-23-24-18(27-9)22-17(25)11-7-14-13(20-8-21-14)6-10(11)16-12(19)4-3-5-15(16)26-2;1-3-9(2)8-10-4-6-11(12)7-5-10/h3-8H,1-2H3,(H,20,21)(H,22,24,25);9-12H,3-8H2,1-2H3. The van der Waals surface area contributed by atoms with E-state index < -0.39 is 11.7 Å². The van der Waals surface area contributed by atoms with Crippen molar-refractivity contribution in [1.29, 1.82) is 0 Å². The van der Waals surface area contributed by atoms with Gasteiger partial charge >= 0.3 is 0 Å². The molecular weight excluding hydrogens is 517 g/mol. The van der Waals surface area contributed by atoms with Gasteiger partial charge in [0.25, 0.3) is 5.91 Å². The maximum Gasteiger partial charge on any atom is 0.258 e. The van der Waals surface area contributed by atoms with Crippen molar-refractivity contribution in [2.45, 2.75) is 65.4 Å². The van der Waals surface area contributed by atoms with Gasteiger partial charge in [0, 0.05) is 5.56 Å². The van der Waals surface area contributed by atoms with Crippen LogP contribution in [-0.4, -0.2) is 44.4 Å². The summed E-state index contributed by atoms with van der Waals surface area (Å²) in [5.41, 5.74) is 2.11. The molecule has 3 N–H and O–H groups in total. The fourth-order valence-electron chi connectivity index (χ4n) is 4.94. The number of ether oxygens (including phenoxy) is 1. The van der Waals surface area contributed by atoms with Gasteiger partial charge < -0.3 is 14.8 Å². The Balaban J connectivity index is 0.000000247. The zero-order chi connectivity index (χ0) is 27.9. The lowest BCUT2D eigenvalue weighted by Crippen LogP contribution is -2.19. The van der Waals surface area contributed by atoms with Crippen LogP contribution in [0, 0.1) is 24.6 Å². The quantitative estimate of drug-likeness (QED) is 0.233. The van der Waals surface area contributed by atoms with E-state index in [2.05, 4.69) is 39.3 Å². The average molecular weight is 554 g/mol. The second kappa shape index (κ2) is 13.1. The first-order valence-corrected chi connectivity index (χ1v) is 14.2. The highest BCUT2D eigenvalue weighted by Gasteiger charge is 2.22. The SMILES string of the molecule is CCC(C)CC1CCC(O)CC1.COc1cccc(F)c1-c1cc2nc[nH]c2cc1C(=O)Nc1nnc(C)s1. The van der Waals surface area contributed by atoms with Gasteiger partial charge in [0.05, 0.1) is 41.7 Å². The number of nitrogens with one attached hydrogen (secondary N) is 2. The van der Waals surface area contributed by atoms with Crippen LogP contribution in [0.15, 0.2) is 36.7 Å². The lowest BCUT2D eigenvalue weighted by molar-refractivity contribution is 0.102. The first-order chi connectivity index (χ1) is 18.8. The highest BCUT2D eigenvalue weighted by atomic mass is 32.1. The molecule has 5 rings (SSSR count). The summed E-state index contributed by atoms with van der Waals surface area (Å²) in [6.45, 7) is 6.40. The van der Waals surface area contributed by atoms with Crippen molar-refractivity contribution in [2.24, 2.45) is 11.8 Å². The van der Waals surface area contributed by atoms with Crippen LogP contribution < -0.4 is 10.1 Å². The number of H-pyrrole nitrogens is 1. The molecule has 1 aliphatic rings. The number of carbonyl (C=O) groups excluding carboxylic acids is 1. The van der Waals surface area contributed by atoms with Gasteiger partial charge in [-0.05, 0) is 75.1 Å². The molecule has 10 heteroatoms. The number of imidazole rings is 1. The summed E-state index contributed by atoms with van der Waals surface area (Å²) in [6, 6.07) is 7.81. The molecule has 0 saturated heterocycles. The second-order valence-electron chi connectivity index (χ2n) is 10.1. The molecule has 0 spiro atoms. The first kappa shape index (κ1) is 28.6. The third kappa shape index (κ3) is 7.19. The van der Waals surface area contributed by atoms with Crippen LogP contribution in [0.4, 0.5) is 9.52 Å². The minimum Gasteiger partial charge on any atom is -0.496 e. The number of aliphatic hydroxyl groups excluding tert-OH is 1. The third-order valence-electron chi connectivity index (χ3n) is 7.26. The first-order valence-electron chi connectivity index (χ1n) is 13.4. The van der Waals surface area contributed by atoms with Crippen molar-refractivity contribution >= 4 is 33.4 Å². The van der Waals surface area contributed by atoms with E-state index in [0.29, 0.717) is 27.5 Å². The average Bonchev–Trinajstić information content (AvgIpc) is 3.57. The van der Waals surface area contributed by atoms with E-state index in [4.69, 9.17) is 4.74 Å². The normalized spacial score (nSPS) is 17.8. The zero-order valence-electron chi connectivity index (χ0n) is 22.8. The lowest BCUT2D eigenvalue weighted by atomic mass is 9.81. The maximum absolute atomic E-state index is 14.7. The number of methoxy groups -OCH3 is 1. The fraction of sp³-hybridized carbons (Fsp3) is 0.448. The minimum absolute atomic E-state index is 0.0122. The molecule has 1 atom stereocenters. The number of aromatic amines is 1. The number of benzene rings is 2. The van der Waals surface area contributed by atoms with E-state index in [9.17, 15) is 14.3 Å². The van der Waals surface area contributed by atoms with Crippen LogP contribution in [0.3, 0.4) is 0 Å². The molecule has 0 bridgehead atoms. The Kier molecular flexibility index (Phi) is 9.63. The molecule has 4 aromatic rings. The van der Waals surface area contributed by atoms with Crippen LogP contribution >= 0.6 is 11.3 Å². The van der Waals surface area contributed by atoms with Gasteiger partial charge in [0.1, 0.15) is 16.6 Å². The van der Waals surface area contributed by atoms with Gasteiger partial charge in [0.2, 0.25) is 5.13 Å². The van der Waals surface area contributed by atoms with Crippen molar-refractivity contribution in [1.82, 2.24) is 20.2 Å². The van der Waals surface area contributed by atoms with Crippen molar-refractivity contribution in [2.75, 3.05) is 12.4 Å². The number of hydrogen-bond acceptors (Lipinski definition) is 7. The Morgan fingerprint density at radius 1 is 1.26 bits per heavy atom. The predicted molar refractivity (Wildman–Crippen MR) is 153 cm³/mol. The number of aromatic nitrogens is 4. The highest BCUT2D eigenvalue weighted by molar-refractivity contribution is 7.15. The van der Waals surface area contributed by atoms with E-state index in [1.165, 1.54) is 56.5 Å². The summed E-state index contributed by atoms with van der Waals surface area (Å²) >= 11 is 1.26. The monoisotopic (exact) mass is 553 g/mol. The topological polar surface area (TPSA) is 113 Å². The van der Waals surface area contributed by atoms with Crippen LogP contribution in [0.25, 0.3) is 22.2 Å². The number of amides is 1. The largest absolute Gasteiger partial charge is 0.496 e. The second-order valence-corrected chi connectivity index (χ2v) is 11.3. The van der Waals surface area contributed by atoms with Gasteiger partial charge in [-0.25, -0.2) is 9.37 Å². The van der Waals surface area contributed by atoms with Gasteiger partial charge in [-0.2, -0.15) is 0 Å². The number of hydrogen-bond donors (Lipinski definition) is 3. The van der Waals surface area contributed by atoms with Crippen LogP contribution in [0.1, 0.15) is 67.7 Å². The van der Waals surface area contributed by atoms with Gasteiger partial charge in [-0.1, -0.05) is 37.7 Å². The summed E-state index contributed by atoms with van der Waals surface area (Å²) in [6.07, 6.45) is 8.81. The molecular formula is C29H36FN5O3S. The van der Waals surface area contributed by atoms with Crippen LogP contribution in [0.5, 0.6) is 5.75 Å². The molecule has 2 heterocycles. The highest BCUT2D eigenvalue weighted by Crippen LogP contribution is 2.37. The third-order valence-corrected chi connectivity index (χ3v) is 8.02. The molecule has 39 heavy (non-hydrogen) atoms. The number of aliphatic hydroxyl groups is 1. The molecule has 8 nitrogen and oxygen atoms in total. The maximum atomic E-state index is 14.7. The number of rotatable bonds is 7. The van der Waals surface area contributed by atoms with Gasteiger partial charge in [0.15, 0.2) is 0 Å². The minimum atomic E-state index is -0.495. The Morgan fingerprint density at radius 3 is 2.69 bits per heavy atom. The lowest BCUT2D eigenvalue weighted by Gasteiger charge is -2.27. The van der Waals surface area contributed by atoms with Gasteiger partial charge in [-0.3, -0.25) is 10.1 Å². The van der Waals surface area contributed by atoms with E-state index in [0.717, 1.165) is 29.7 Å². The molecule has 0 aliphatic heterocycles. The molecule has 1 saturated carbocycles. The Bertz CT molecular complexity index is 1400. The number of fused-ring (bicyclic) bond motifs is 1. The number of halogens is 1. The molecule has 1 fully saturated rings. The number of aryl methyl sites for hydroxylation is 1. The molecule has 2 aromatic carbocycles. The van der Waals surface area contributed by atoms with E-state index in [1.54, 1.807) is 31.2 Å². The van der Waals surface area contributed by atoms with Crippen molar-refractivity contribution in [3.63, 3.8) is 0 Å². The Hall–Kier alpha value is -3.37. The fourth-order valence-corrected chi connectivity index (χ4v) is 5.53. The summed E-state index contributed by atoms with van der Waals surface area (Å²) in [5, 5.41) is 20.9. The molecule has 2 aromatic heterocycles. The zero-order valence-corrected chi connectivity index (χ0v) is 23.6. The Labute approximate surface area is 232 Å². The molecule has 208 valence electrons. The molecule has 1 amide bonds. The molecule has 1 unspecified atom stereocenters. The number of nitrogens with zero attached hydrogens (tertiary/aromatic N) is 3. The van der Waals surface area contributed by atoms with Crippen molar-refractivity contribution < 1.29 is 19.0 Å². The number of anilines is 1. The van der Waals surface area contributed by atoms with Crippen LogP contribution in [-0.2, 0) is 0 Å². The smallest absolute Gasteiger partial charge is 0.258 e. The number of carbonyl (C=O) groups is 1. The summed E-state index contributed by atoms with van der Waals surface area (Å²) < 4.78 is 20.0. The molecule has 0 radical (unpaired) electrons. The van der Waals surface area contributed by atoms with Crippen molar-refractivity contribution in [3.05, 3.63) is 53.0 Å². The summed E-state index contributed by atoms with van der Waals surface area (Å²) in [7, 11) is 1.45. The Morgan fingerprint density at radius 2 is 2.03 bits per heavy atom. The van der Waals surface area contributed by atoms with E-state index in [1.807, 2.05) is 0 Å². The van der Waals surface area contributed by atoms with Crippen molar-refractivity contribution in [3.8, 4) is 16.9 Å². The summed E-state index contributed by atoms with van der Waals surface area (Å²) in [4.78, 5) is 20.1. The van der Waals surface area contributed by atoms with E-state index >= 15 is 0 Å². The van der Waals surface area contributed by atoms with Gasteiger partial charge in [-0.15, -0.1) is 10.2 Å². The van der Waals surface area contributed by atoms with E-state index in [-0.39, 0.29) is 17.2 Å².